The van der Waals surface area contributed by atoms with Crippen molar-refractivity contribution in [2.24, 2.45) is 22.7 Å². The molecule has 3 fully saturated rings. The number of amides is 1. The van der Waals surface area contributed by atoms with E-state index in [0.717, 1.165) is 30.1 Å². The lowest BCUT2D eigenvalue weighted by Gasteiger charge is -2.27. The number of nitrogens with zero attached hydrogens (tertiary/aromatic N) is 1. The van der Waals surface area contributed by atoms with Gasteiger partial charge >= 0.3 is 6.09 Å². The molecular formula is C29H36F2N4O7S2. The predicted molar refractivity (Wildman–Crippen MR) is 159 cm³/mol. The molecule has 6 rings (SSSR count). The number of fused-ring (bicyclic) bond motifs is 3. The molecule has 44 heavy (non-hydrogen) atoms. The summed E-state index contributed by atoms with van der Waals surface area (Å²) in [7, 11) is -4.04. The van der Waals surface area contributed by atoms with Crippen LogP contribution in [-0.2, 0) is 25.9 Å². The van der Waals surface area contributed by atoms with E-state index in [0.29, 0.717) is 12.5 Å². The van der Waals surface area contributed by atoms with E-state index in [2.05, 4.69) is 20.3 Å². The lowest BCUT2D eigenvalue weighted by molar-refractivity contribution is -0.163. The number of aliphatic imine (C=N–C) groups is 1. The van der Waals surface area contributed by atoms with Crippen molar-refractivity contribution in [1.82, 2.24) is 15.4 Å². The number of amidine groups is 1. The number of aliphatic hydroxyl groups is 2. The fraction of sp³-hybridized carbons (Fsp3) is 0.586. The summed E-state index contributed by atoms with van der Waals surface area (Å²) in [6.07, 6.45) is 3.72. The van der Waals surface area contributed by atoms with Gasteiger partial charge in [-0.25, -0.2) is 26.7 Å². The molecule has 15 heteroatoms. The Bertz CT molecular complexity index is 1470. The van der Waals surface area contributed by atoms with Crippen LogP contribution in [0.4, 0.5) is 13.6 Å². The SMILES string of the molecule is CC1C2CC(COC2O)C1OC(=O)N[C@@H](Cc1ccc(F)c(F)c1)[C@H](O)CNS(=O)(=O)C1=CC2SC(NC3CC3)=NC2C=C1. The Hall–Kier alpha value is -2.56. The summed E-state index contributed by atoms with van der Waals surface area (Å²) in [5.41, 5.74) is 0.274. The Morgan fingerprint density at radius 2 is 2.07 bits per heavy atom. The van der Waals surface area contributed by atoms with Gasteiger partial charge in [-0.1, -0.05) is 30.8 Å². The van der Waals surface area contributed by atoms with Gasteiger partial charge in [0.25, 0.3) is 0 Å². The van der Waals surface area contributed by atoms with Gasteiger partial charge in [-0.05, 0) is 55.5 Å². The number of aliphatic hydroxyl groups excluding tert-OH is 2. The largest absolute Gasteiger partial charge is 0.446 e. The summed E-state index contributed by atoms with van der Waals surface area (Å²) in [6, 6.07) is 2.34. The van der Waals surface area contributed by atoms with Gasteiger partial charge in [0.1, 0.15) is 6.10 Å². The molecule has 2 heterocycles. The average Bonchev–Trinajstić information content (AvgIpc) is 3.65. The van der Waals surface area contributed by atoms with E-state index < -0.39 is 58.8 Å². The Kier molecular flexibility index (Phi) is 9.05. The van der Waals surface area contributed by atoms with Crippen LogP contribution in [0.3, 0.4) is 0 Å². The molecule has 11 nitrogen and oxygen atoms in total. The van der Waals surface area contributed by atoms with Gasteiger partial charge in [0, 0.05) is 30.3 Å². The summed E-state index contributed by atoms with van der Waals surface area (Å²) >= 11 is 1.47. The Balaban J connectivity index is 1.10. The molecule has 2 saturated carbocycles. The molecule has 3 aliphatic carbocycles. The number of alkyl carbamates (subject to hydrolysis) is 1. The van der Waals surface area contributed by atoms with E-state index >= 15 is 0 Å². The third-order valence-corrected chi connectivity index (χ3v) is 11.4. The summed E-state index contributed by atoms with van der Waals surface area (Å²) in [5, 5.41) is 27.7. The molecule has 9 atom stereocenters. The molecule has 0 aromatic heterocycles. The lowest BCUT2D eigenvalue weighted by atomic mass is 9.96. The monoisotopic (exact) mass is 654 g/mol. The first kappa shape index (κ1) is 31.4. The zero-order chi connectivity index (χ0) is 31.2. The summed E-state index contributed by atoms with van der Waals surface area (Å²) in [5.74, 6) is -2.61. The van der Waals surface area contributed by atoms with E-state index in [1.165, 1.54) is 23.9 Å². The van der Waals surface area contributed by atoms with Crippen molar-refractivity contribution in [2.75, 3.05) is 13.2 Å². The van der Waals surface area contributed by atoms with Crippen molar-refractivity contribution in [3.63, 3.8) is 0 Å². The fourth-order valence-corrected chi connectivity index (χ4v) is 8.59. The van der Waals surface area contributed by atoms with Gasteiger partial charge in [-0.15, -0.1) is 0 Å². The second kappa shape index (κ2) is 12.7. The predicted octanol–water partition coefficient (Wildman–Crippen LogP) is 1.92. The molecular weight excluding hydrogens is 618 g/mol. The van der Waals surface area contributed by atoms with Crippen LogP contribution in [0.5, 0.6) is 0 Å². The number of hydrogen-bond acceptors (Lipinski definition) is 10. The average molecular weight is 655 g/mol. The Morgan fingerprint density at radius 1 is 1.27 bits per heavy atom. The standard InChI is InChI=1S/C29H36F2N4O7S2/c1-14-19-10-16(13-41-27(19)37)26(14)42-29(38)35-23(9-15-2-6-20(30)21(31)8-15)24(36)12-32-44(39,40)18-5-7-22-25(11-18)43-28(34-22)33-17-3-4-17/h2,5-8,11,14,16-17,19,22-27,32,36-37H,3-4,9-10,12-13H2,1H3,(H,33,34)(H,35,38)/t14?,16?,19?,22?,23-,24+,25?,26?,27?/m0/s1. The summed E-state index contributed by atoms with van der Waals surface area (Å²) in [6.45, 7) is 1.62. The van der Waals surface area contributed by atoms with E-state index in [1.54, 1.807) is 12.2 Å². The highest BCUT2D eigenvalue weighted by Crippen LogP contribution is 2.44. The molecule has 5 N–H and O–H groups in total. The molecule has 1 aromatic carbocycles. The van der Waals surface area contributed by atoms with Gasteiger partial charge in [-0.3, -0.25) is 4.99 Å². The maximum Gasteiger partial charge on any atom is 0.407 e. The van der Waals surface area contributed by atoms with Crippen LogP contribution >= 0.6 is 11.8 Å². The minimum atomic E-state index is -4.04. The highest BCUT2D eigenvalue weighted by Gasteiger charge is 2.50. The highest BCUT2D eigenvalue weighted by atomic mass is 32.2. The van der Waals surface area contributed by atoms with Gasteiger partial charge in [0.05, 0.1) is 34.9 Å². The third kappa shape index (κ3) is 6.97. The van der Waals surface area contributed by atoms with Crippen LogP contribution in [0.25, 0.3) is 0 Å². The third-order valence-electron chi connectivity index (χ3n) is 8.87. The number of ether oxygens (including phenoxy) is 2. The first-order valence-corrected chi connectivity index (χ1v) is 17.1. The van der Waals surface area contributed by atoms with Crippen molar-refractivity contribution in [2.45, 2.75) is 74.5 Å². The van der Waals surface area contributed by atoms with Crippen molar-refractivity contribution in [3.8, 4) is 0 Å². The van der Waals surface area contributed by atoms with Crippen LogP contribution in [-0.4, -0.2) is 84.9 Å². The van der Waals surface area contributed by atoms with Gasteiger partial charge in [-0.2, -0.15) is 0 Å². The topological polar surface area (TPSA) is 159 Å². The maximum absolute atomic E-state index is 14.0. The number of thioether (sulfide) groups is 1. The molecule has 7 unspecified atom stereocenters. The molecule has 2 aliphatic heterocycles. The molecule has 1 saturated heterocycles. The number of hydrogen-bond donors (Lipinski definition) is 5. The minimum absolute atomic E-state index is 0.0385. The fourth-order valence-electron chi connectivity index (χ4n) is 6.18. The lowest BCUT2D eigenvalue weighted by Crippen LogP contribution is -2.50. The normalized spacial score (nSPS) is 32.3. The molecule has 2 bridgehead atoms. The smallest absolute Gasteiger partial charge is 0.407 e. The number of allylic oxidation sites excluding steroid dienone is 1. The van der Waals surface area contributed by atoms with Crippen molar-refractivity contribution < 1.29 is 41.7 Å². The van der Waals surface area contributed by atoms with Crippen molar-refractivity contribution in [1.29, 1.82) is 0 Å². The second-order valence-corrected chi connectivity index (χ2v) is 15.0. The van der Waals surface area contributed by atoms with Crippen LogP contribution in [0.15, 0.2) is 46.3 Å². The molecule has 1 amide bonds. The number of rotatable bonds is 10. The zero-order valence-electron chi connectivity index (χ0n) is 23.9. The number of carbonyl (C=O) groups is 1. The van der Waals surface area contributed by atoms with E-state index in [-0.39, 0.29) is 52.5 Å². The van der Waals surface area contributed by atoms with Gasteiger partial charge < -0.3 is 30.3 Å². The van der Waals surface area contributed by atoms with Crippen molar-refractivity contribution in [3.05, 3.63) is 58.5 Å². The summed E-state index contributed by atoms with van der Waals surface area (Å²) < 4.78 is 67.4. The Labute approximate surface area is 258 Å². The maximum atomic E-state index is 14.0. The Morgan fingerprint density at radius 3 is 2.80 bits per heavy atom. The second-order valence-electron chi connectivity index (χ2n) is 12.1. The quantitative estimate of drug-likeness (QED) is 0.254. The minimum Gasteiger partial charge on any atom is -0.446 e. The zero-order valence-corrected chi connectivity index (χ0v) is 25.6. The van der Waals surface area contributed by atoms with Crippen molar-refractivity contribution >= 4 is 33.0 Å². The van der Waals surface area contributed by atoms with E-state index in [4.69, 9.17) is 9.47 Å². The van der Waals surface area contributed by atoms with Crippen LogP contribution in [0, 0.1) is 29.4 Å². The number of nitrogens with one attached hydrogen (secondary N) is 3. The van der Waals surface area contributed by atoms with Crippen LogP contribution in [0.2, 0.25) is 0 Å². The first-order chi connectivity index (χ1) is 21.0. The number of sulfonamides is 1. The molecule has 1 aromatic rings. The number of carbonyl (C=O) groups excluding carboxylic acids is 1. The number of benzene rings is 1. The van der Waals surface area contributed by atoms with Crippen LogP contribution in [0.1, 0.15) is 31.7 Å². The highest BCUT2D eigenvalue weighted by molar-refractivity contribution is 8.14. The van der Waals surface area contributed by atoms with Crippen LogP contribution < -0.4 is 15.4 Å². The first-order valence-electron chi connectivity index (χ1n) is 14.8. The molecule has 0 radical (unpaired) electrons. The van der Waals surface area contributed by atoms with E-state index in [9.17, 15) is 32.2 Å². The molecule has 5 aliphatic rings. The van der Waals surface area contributed by atoms with Gasteiger partial charge in [0.15, 0.2) is 23.1 Å². The van der Waals surface area contributed by atoms with Gasteiger partial charge in [0.2, 0.25) is 10.0 Å². The molecule has 240 valence electrons. The van der Waals surface area contributed by atoms with E-state index in [1.807, 2.05) is 6.92 Å². The number of halogens is 2. The summed E-state index contributed by atoms with van der Waals surface area (Å²) in [4.78, 5) is 17.7. The molecule has 0 spiro atoms.